The highest BCUT2D eigenvalue weighted by Gasteiger charge is 2.32. The molecule has 6 heteroatoms. The Morgan fingerprint density at radius 2 is 1.42 bits per heavy atom. The third kappa shape index (κ3) is 3.89. The maximum absolute atomic E-state index is 13.0. The van der Waals surface area contributed by atoms with E-state index < -0.39 is 10.0 Å². The van der Waals surface area contributed by atoms with Crippen molar-refractivity contribution < 1.29 is 8.42 Å². The van der Waals surface area contributed by atoms with Gasteiger partial charge in [-0.1, -0.05) is 60.7 Å². The molecule has 158 valence electrons. The fourth-order valence-corrected chi connectivity index (χ4v) is 5.92. The monoisotopic (exact) mass is 431 g/mol. The van der Waals surface area contributed by atoms with Crippen LogP contribution in [-0.2, 0) is 16.6 Å². The predicted octanol–water partition coefficient (Wildman–Crippen LogP) is 4.65. The summed E-state index contributed by atoms with van der Waals surface area (Å²) < 4.78 is 29.9. The van der Waals surface area contributed by atoms with E-state index in [1.165, 1.54) is 5.56 Å². The van der Waals surface area contributed by atoms with E-state index >= 15 is 0 Å². The zero-order chi connectivity index (χ0) is 21.3. The molecular weight excluding hydrogens is 406 g/mol. The third-order valence-corrected chi connectivity index (χ3v) is 7.98. The Balaban J connectivity index is 1.42. The Hall–Kier alpha value is -2.96. The van der Waals surface area contributed by atoms with Gasteiger partial charge in [-0.05, 0) is 42.7 Å². The number of fused-ring (bicyclic) bond motifs is 1. The Labute approximate surface area is 183 Å². The first-order chi connectivity index (χ1) is 15.1. The van der Waals surface area contributed by atoms with Crippen LogP contribution < -0.4 is 0 Å². The highest BCUT2D eigenvalue weighted by molar-refractivity contribution is 7.89. The van der Waals surface area contributed by atoms with Gasteiger partial charge < -0.3 is 4.57 Å². The van der Waals surface area contributed by atoms with Crippen LogP contribution in [0.4, 0.5) is 0 Å². The summed E-state index contributed by atoms with van der Waals surface area (Å²) in [6.07, 6.45) is 1.54. The number of hydrogen-bond donors (Lipinski definition) is 0. The first-order valence-corrected chi connectivity index (χ1v) is 12.1. The minimum Gasteiger partial charge on any atom is -0.323 e. The summed E-state index contributed by atoms with van der Waals surface area (Å²) >= 11 is 0. The minimum absolute atomic E-state index is 0.235. The minimum atomic E-state index is -3.44. The maximum Gasteiger partial charge on any atom is 0.243 e. The van der Waals surface area contributed by atoms with E-state index in [2.05, 4.69) is 41.0 Å². The Morgan fingerprint density at radius 3 is 2.13 bits per heavy atom. The van der Waals surface area contributed by atoms with Crippen molar-refractivity contribution in [3.63, 3.8) is 0 Å². The molecule has 1 aliphatic rings. The number of para-hydroxylation sites is 2. The third-order valence-electron chi connectivity index (χ3n) is 6.07. The Bertz CT molecular complexity index is 1280. The number of sulfonamides is 1. The molecular formula is C25H25N3O2S. The SMILES string of the molecule is O=S(=O)(c1ccccc1)N1CCC(c2nc3ccccc3n2Cc2ccccc2)CC1. The molecule has 0 saturated carbocycles. The van der Waals surface area contributed by atoms with Crippen molar-refractivity contribution in [2.45, 2.75) is 30.2 Å². The van der Waals surface area contributed by atoms with Gasteiger partial charge in [-0.25, -0.2) is 13.4 Å². The van der Waals surface area contributed by atoms with E-state index in [1.807, 2.05) is 24.3 Å². The van der Waals surface area contributed by atoms with E-state index in [9.17, 15) is 8.42 Å². The summed E-state index contributed by atoms with van der Waals surface area (Å²) in [7, 11) is -3.44. The summed E-state index contributed by atoms with van der Waals surface area (Å²) in [4.78, 5) is 5.34. The average molecular weight is 432 g/mol. The molecule has 0 aliphatic carbocycles. The van der Waals surface area contributed by atoms with Crippen molar-refractivity contribution in [3.05, 3.63) is 96.3 Å². The average Bonchev–Trinajstić information content (AvgIpc) is 3.19. The van der Waals surface area contributed by atoms with Gasteiger partial charge in [0.1, 0.15) is 5.82 Å². The van der Waals surface area contributed by atoms with Gasteiger partial charge >= 0.3 is 0 Å². The van der Waals surface area contributed by atoms with Crippen molar-refractivity contribution >= 4 is 21.1 Å². The van der Waals surface area contributed by atoms with Crippen LogP contribution in [0.5, 0.6) is 0 Å². The normalized spacial score (nSPS) is 16.0. The van der Waals surface area contributed by atoms with E-state index in [4.69, 9.17) is 4.98 Å². The van der Waals surface area contributed by atoms with Gasteiger partial charge in [-0.3, -0.25) is 0 Å². The number of aromatic nitrogens is 2. The molecule has 2 heterocycles. The molecule has 1 aromatic heterocycles. The molecule has 0 N–H and O–H groups in total. The predicted molar refractivity (Wildman–Crippen MR) is 122 cm³/mol. The van der Waals surface area contributed by atoms with Gasteiger partial charge in [0.2, 0.25) is 10.0 Å². The van der Waals surface area contributed by atoms with E-state index in [-0.39, 0.29) is 5.92 Å². The second-order valence-electron chi connectivity index (χ2n) is 8.02. The second-order valence-corrected chi connectivity index (χ2v) is 9.96. The van der Waals surface area contributed by atoms with Gasteiger partial charge in [0.15, 0.2) is 0 Å². The lowest BCUT2D eigenvalue weighted by atomic mass is 9.97. The second kappa shape index (κ2) is 8.29. The molecule has 1 saturated heterocycles. The molecule has 0 radical (unpaired) electrons. The topological polar surface area (TPSA) is 55.2 Å². The van der Waals surface area contributed by atoms with Crippen LogP contribution >= 0.6 is 0 Å². The zero-order valence-corrected chi connectivity index (χ0v) is 18.1. The quantitative estimate of drug-likeness (QED) is 0.462. The number of benzene rings is 3. The van der Waals surface area contributed by atoms with Gasteiger partial charge in [-0.15, -0.1) is 0 Å². The van der Waals surface area contributed by atoms with Crippen molar-refractivity contribution in [3.8, 4) is 0 Å². The Morgan fingerprint density at radius 1 is 0.806 bits per heavy atom. The zero-order valence-electron chi connectivity index (χ0n) is 17.3. The number of rotatable bonds is 5. The molecule has 5 nitrogen and oxygen atoms in total. The summed E-state index contributed by atoms with van der Waals surface area (Å²) in [6.45, 7) is 1.78. The summed E-state index contributed by atoms with van der Waals surface area (Å²) in [6, 6.07) is 27.3. The highest BCUT2D eigenvalue weighted by Crippen LogP contribution is 2.32. The molecule has 0 amide bonds. The summed E-state index contributed by atoms with van der Waals surface area (Å²) in [5, 5.41) is 0. The molecule has 3 aromatic carbocycles. The van der Waals surface area contributed by atoms with Crippen LogP contribution in [0.1, 0.15) is 30.1 Å². The molecule has 0 atom stereocenters. The highest BCUT2D eigenvalue weighted by atomic mass is 32.2. The molecule has 5 rings (SSSR count). The molecule has 4 aromatic rings. The van der Waals surface area contributed by atoms with Crippen LogP contribution in [0.3, 0.4) is 0 Å². The lowest BCUT2D eigenvalue weighted by Gasteiger charge is -2.31. The summed E-state index contributed by atoms with van der Waals surface area (Å²) in [5.41, 5.74) is 3.35. The fraction of sp³-hybridized carbons (Fsp3) is 0.240. The molecule has 1 aliphatic heterocycles. The van der Waals surface area contributed by atoms with E-state index in [0.29, 0.717) is 18.0 Å². The molecule has 31 heavy (non-hydrogen) atoms. The first-order valence-electron chi connectivity index (χ1n) is 10.7. The fourth-order valence-electron chi connectivity index (χ4n) is 4.43. The van der Waals surface area contributed by atoms with Crippen molar-refractivity contribution in [2.24, 2.45) is 0 Å². The standard InChI is InChI=1S/C25H25N3O2S/c29-31(30,22-11-5-2-6-12-22)27-17-15-21(16-18-27)25-26-23-13-7-8-14-24(23)28(25)19-20-9-3-1-4-10-20/h1-14,21H,15-19H2. The van der Waals surface area contributed by atoms with Crippen LogP contribution in [0.2, 0.25) is 0 Å². The number of imidazole rings is 1. The molecule has 1 fully saturated rings. The smallest absolute Gasteiger partial charge is 0.243 e. The van der Waals surface area contributed by atoms with Crippen molar-refractivity contribution in [2.75, 3.05) is 13.1 Å². The van der Waals surface area contributed by atoms with E-state index in [1.54, 1.807) is 28.6 Å². The Kier molecular flexibility index (Phi) is 5.34. The molecule has 0 spiro atoms. The van der Waals surface area contributed by atoms with Crippen LogP contribution in [0.15, 0.2) is 89.8 Å². The van der Waals surface area contributed by atoms with Crippen LogP contribution in [0, 0.1) is 0 Å². The van der Waals surface area contributed by atoms with E-state index in [0.717, 1.165) is 36.2 Å². The van der Waals surface area contributed by atoms with Gasteiger partial charge in [0, 0.05) is 25.6 Å². The molecule has 0 bridgehead atoms. The lowest BCUT2D eigenvalue weighted by Crippen LogP contribution is -2.38. The van der Waals surface area contributed by atoms with Crippen LogP contribution in [-0.4, -0.2) is 35.4 Å². The number of hydrogen-bond acceptors (Lipinski definition) is 3. The van der Waals surface area contributed by atoms with Crippen molar-refractivity contribution in [1.82, 2.24) is 13.9 Å². The maximum atomic E-state index is 13.0. The summed E-state index contributed by atoms with van der Waals surface area (Å²) in [5.74, 6) is 1.29. The lowest BCUT2D eigenvalue weighted by molar-refractivity contribution is 0.310. The van der Waals surface area contributed by atoms with Gasteiger partial charge in [0.25, 0.3) is 0 Å². The number of nitrogens with zero attached hydrogens (tertiary/aromatic N) is 3. The first kappa shape index (κ1) is 20.0. The van der Waals surface area contributed by atoms with Gasteiger partial charge in [-0.2, -0.15) is 4.31 Å². The largest absolute Gasteiger partial charge is 0.323 e. The number of piperidine rings is 1. The van der Waals surface area contributed by atoms with Crippen molar-refractivity contribution in [1.29, 1.82) is 0 Å². The molecule has 0 unspecified atom stereocenters. The van der Waals surface area contributed by atoms with Gasteiger partial charge in [0.05, 0.1) is 15.9 Å². The van der Waals surface area contributed by atoms with Crippen LogP contribution in [0.25, 0.3) is 11.0 Å².